The minimum absolute atomic E-state index is 0.443. The van der Waals surface area contributed by atoms with E-state index < -0.39 is 0 Å². The first-order valence-electron chi connectivity index (χ1n) is 7.46. The summed E-state index contributed by atoms with van der Waals surface area (Å²) in [5.41, 5.74) is 6.91. The van der Waals surface area contributed by atoms with Crippen LogP contribution in [-0.2, 0) is 6.54 Å². The smallest absolute Gasteiger partial charge is 0.168 e. The topological polar surface area (TPSA) is 85.3 Å². The van der Waals surface area contributed by atoms with Crippen molar-refractivity contribution in [2.75, 3.05) is 0 Å². The zero-order valence-electron chi connectivity index (χ0n) is 13.0. The number of hydrogen-bond acceptors (Lipinski definition) is 6. The molecule has 0 spiro atoms. The molecule has 3 rings (SSSR count). The maximum absolute atomic E-state index is 11.3. The molecule has 1 saturated carbocycles. The lowest BCUT2D eigenvalue weighted by Crippen LogP contribution is -2.19. The zero-order chi connectivity index (χ0) is 16.4. The Morgan fingerprint density at radius 2 is 2.39 bits per heavy atom. The van der Waals surface area contributed by atoms with E-state index in [0.29, 0.717) is 29.8 Å². The molecule has 0 aliphatic heterocycles. The van der Waals surface area contributed by atoms with Gasteiger partial charge in [-0.15, -0.1) is 11.3 Å². The number of nitrogens with zero attached hydrogens (tertiary/aromatic N) is 3. The maximum Gasteiger partial charge on any atom is 0.168 e. The number of hydrogen-bond donors (Lipinski definition) is 2. The number of aldehydes is 1. The first kappa shape index (κ1) is 15.6. The number of thiophene rings is 1. The largest absolute Gasteiger partial charge is 0.368 e. The van der Waals surface area contributed by atoms with Gasteiger partial charge in [0.15, 0.2) is 12.1 Å². The van der Waals surface area contributed by atoms with E-state index in [-0.39, 0.29) is 0 Å². The molecule has 2 aromatic rings. The molecule has 0 unspecified atom stereocenters. The van der Waals surface area contributed by atoms with E-state index in [1.165, 1.54) is 6.20 Å². The van der Waals surface area contributed by atoms with Gasteiger partial charge in [0.25, 0.3) is 0 Å². The van der Waals surface area contributed by atoms with E-state index in [1.54, 1.807) is 16.0 Å². The molecule has 1 fully saturated rings. The van der Waals surface area contributed by atoms with Crippen molar-refractivity contribution in [3.8, 4) is 0 Å². The van der Waals surface area contributed by atoms with Crippen molar-refractivity contribution in [1.29, 1.82) is 0 Å². The molecule has 120 valence electrons. The standard InChI is InChI=1S/C16H19N5OS/c1-10(15-6-5-14(7-17)23-15)19-16-12(9-22)8-18-21(16)11(2)20-13-3-4-13/h5-6,8-9,13,20H,2-4,7,17H2,1H3/b19-10+. The predicted molar refractivity (Wildman–Crippen MR) is 93.2 cm³/mol. The van der Waals surface area contributed by atoms with E-state index in [0.717, 1.165) is 34.6 Å². The molecular formula is C16H19N5OS. The lowest BCUT2D eigenvalue weighted by atomic mass is 10.3. The molecule has 3 N–H and O–H groups in total. The van der Waals surface area contributed by atoms with Crippen molar-refractivity contribution < 1.29 is 4.79 Å². The quantitative estimate of drug-likeness (QED) is 0.604. The maximum atomic E-state index is 11.3. The summed E-state index contributed by atoms with van der Waals surface area (Å²) in [5.74, 6) is 1.14. The van der Waals surface area contributed by atoms with E-state index in [9.17, 15) is 4.79 Å². The van der Waals surface area contributed by atoms with Crippen LogP contribution in [0.15, 0.2) is 29.9 Å². The van der Waals surface area contributed by atoms with Crippen LogP contribution in [0.5, 0.6) is 0 Å². The second kappa shape index (κ2) is 6.47. The molecule has 7 heteroatoms. The molecule has 0 amide bonds. The van der Waals surface area contributed by atoms with Crippen LogP contribution in [-0.4, -0.2) is 27.8 Å². The fourth-order valence-corrected chi connectivity index (χ4v) is 3.00. The number of nitrogens with one attached hydrogen (secondary N) is 1. The van der Waals surface area contributed by atoms with E-state index in [4.69, 9.17) is 5.73 Å². The van der Waals surface area contributed by atoms with Gasteiger partial charge in [0, 0.05) is 22.3 Å². The summed E-state index contributed by atoms with van der Waals surface area (Å²) in [4.78, 5) is 18.0. The lowest BCUT2D eigenvalue weighted by Gasteiger charge is -2.10. The van der Waals surface area contributed by atoms with E-state index >= 15 is 0 Å². The molecule has 0 bridgehead atoms. The number of nitrogens with two attached hydrogens (primary N) is 1. The minimum Gasteiger partial charge on any atom is -0.368 e. The first-order valence-corrected chi connectivity index (χ1v) is 8.27. The van der Waals surface area contributed by atoms with Crippen LogP contribution in [0.2, 0.25) is 0 Å². The number of carbonyl (C=O) groups is 1. The highest BCUT2D eigenvalue weighted by atomic mass is 32.1. The molecule has 1 aliphatic carbocycles. The Balaban J connectivity index is 1.93. The van der Waals surface area contributed by atoms with Gasteiger partial charge in [-0.05, 0) is 31.9 Å². The van der Waals surface area contributed by atoms with Crippen LogP contribution in [0.25, 0.3) is 5.82 Å². The van der Waals surface area contributed by atoms with Crippen molar-refractivity contribution >= 4 is 35.0 Å². The average molecular weight is 329 g/mol. The molecule has 0 atom stereocenters. The summed E-state index contributed by atoms with van der Waals surface area (Å²) in [6, 6.07) is 4.43. The Morgan fingerprint density at radius 3 is 3.00 bits per heavy atom. The van der Waals surface area contributed by atoms with E-state index in [1.807, 2.05) is 19.1 Å². The molecule has 6 nitrogen and oxygen atoms in total. The van der Waals surface area contributed by atoms with Gasteiger partial charge < -0.3 is 11.1 Å². The van der Waals surface area contributed by atoms with Crippen molar-refractivity contribution in [1.82, 2.24) is 15.1 Å². The van der Waals surface area contributed by atoms with Gasteiger partial charge >= 0.3 is 0 Å². The highest BCUT2D eigenvalue weighted by molar-refractivity contribution is 7.14. The Kier molecular flexibility index (Phi) is 4.40. The Bertz CT molecular complexity index is 769. The first-order chi connectivity index (χ1) is 11.1. The lowest BCUT2D eigenvalue weighted by molar-refractivity contribution is 0.112. The summed E-state index contributed by atoms with van der Waals surface area (Å²) >= 11 is 1.60. The molecule has 0 radical (unpaired) electrons. The summed E-state index contributed by atoms with van der Waals surface area (Å²) in [7, 11) is 0. The Morgan fingerprint density at radius 1 is 1.61 bits per heavy atom. The van der Waals surface area contributed by atoms with Crippen LogP contribution < -0.4 is 11.1 Å². The van der Waals surface area contributed by atoms with Gasteiger partial charge in [0.2, 0.25) is 0 Å². The highest BCUT2D eigenvalue weighted by Crippen LogP contribution is 2.26. The second-order valence-corrected chi connectivity index (χ2v) is 6.65. The fraction of sp³-hybridized carbons (Fsp3) is 0.312. The molecule has 2 heterocycles. The van der Waals surface area contributed by atoms with Gasteiger partial charge in [-0.3, -0.25) is 4.79 Å². The van der Waals surface area contributed by atoms with Gasteiger partial charge in [0.1, 0.15) is 5.82 Å². The monoisotopic (exact) mass is 329 g/mol. The number of rotatable bonds is 7. The fourth-order valence-electron chi connectivity index (χ4n) is 2.17. The predicted octanol–water partition coefficient (Wildman–Crippen LogP) is 2.54. The van der Waals surface area contributed by atoms with Gasteiger partial charge in [-0.25, -0.2) is 4.99 Å². The van der Waals surface area contributed by atoms with Crippen molar-refractivity contribution in [3.63, 3.8) is 0 Å². The molecule has 1 aliphatic rings. The highest BCUT2D eigenvalue weighted by Gasteiger charge is 2.23. The Labute approximate surface area is 138 Å². The summed E-state index contributed by atoms with van der Waals surface area (Å²) < 4.78 is 1.59. The summed E-state index contributed by atoms with van der Waals surface area (Å²) in [5, 5.41) is 7.52. The van der Waals surface area contributed by atoms with Gasteiger partial charge in [-0.2, -0.15) is 9.78 Å². The van der Waals surface area contributed by atoms with Crippen LogP contribution in [0.1, 0.15) is 39.9 Å². The second-order valence-electron chi connectivity index (χ2n) is 5.49. The minimum atomic E-state index is 0.443. The van der Waals surface area contributed by atoms with Crippen LogP contribution in [0.4, 0.5) is 5.82 Å². The van der Waals surface area contributed by atoms with Gasteiger partial charge in [-0.1, -0.05) is 6.58 Å². The van der Waals surface area contributed by atoms with Gasteiger partial charge in [0.05, 0.1) is 17.5 Å². The SMILES string of the molecule is C=C(NC1CC1)n1ncc(C=O)c1/N=C(\C)c1ccc(CN)s1. The number of aliphatic imine (C=N–C) groups is 1. The molecule has 0 aromatic carbocycles. The van der Waals surface area contributed by atoms with Crippen molar-refractivity contribution in [3.05, 3.63) is 40.2 Å². The third-order valence-corrected chi connectivity index (χ3v) is 4.81. The molecule has 23 heavy (non-hydrogen) atoms. The number of aromatic nitrogens is 2. The molecule has 2 aromatic heterocycles. The normalized spacial score (nSPS) is 14.8. The van der Waals surface area contributed by atoms with Crippen molar-refractivity contribution in [2.45, 2.75) is 32.4 Å². The molecule has 0 saturated heterocycles. The average Bonchev–Trinajstić information content (AvgIpc) is 3.08. The third-order valence-electron chi connectivity index (χ3n) is 3.59. The third kappa shape index (κ3) is 3.40. The summed E-state index contributed by atoms with van der Waals surface area (Å²) in [6.45, 7) is 6.42. The zero-order valence-corrected chi connectivity index (χ0v) is 13.8. The van der Waals surface area contributed by atoms with Crippen LogP contribution >= 0.6 is 11.3 Å². The molecular weight excluding hydrogens is 310 g/mol. The van der Waals surface area contributed by atoms with Crippen LogP contribution in [0.3, 0.4) is 0 Å². The van der Waals surface area contributed by atoms with E-state index in [2.05, 4.69) is 22.0 Å². The van der Waals surface area contributed by atoms with Crippen LogP contribution in [0, 0.1) is 0 Å². The number of carbonyl (C=O) groups excluding carboxylic acids is 1. The summed E-state index contributed by atoms with van der Waals surface area (Å²) in [6.07, 6.45) is 4.55. The van der Waals surface area contributed by atoms with Crippen molar-refractivity contribution in [2.24, 2.45) is 10.7 Å². The Hall–Kier alpha value is -2.25.